The molecule has 21 heavy (non-hydrogen) atoms. The highest BCUT2D eigenvalue weighted by atomic mass is 19.1. The molecule has 1 atom stereocenters. The fourth-order valence-corrected chi connectivity index (χ4v) is 1.75. The molecule has 108 valence electrons. The van der Waals surface area contributed by atoms with E-state index in [1.807, 2.05) is 0 Å². The van der Waals surface area contributed by atoms with E-state index in [1.54, 1.807) is 25.3 Å². The van der Waals surface area contributed by atoms with Crippen molar-refractivity contribution in [1.82, 2.24) is 25.2 Å². The van der Waals surface area contributed by atoms with Crippen molar-refractivity contribution in [1.29, 1.82) is 0 Å². The molecule has 0 saturated carbocycles. The molecule has 0 radical (unpaired) electrons. The van der Waals surface area contributed by atoms with E-state index < -0.39 is 6.10 Å². The molecule has 0 aliphatic heterocycles. The van der Waals surface area contributed by atoms with Crippen molar-refractivity contribution in [2.45, 2.75) is 19.6 Å². The average molecular weight is 289 g/mol. The van der Waals surface area contributed by atoms with Crippen LogP contribution in [0.25, 0.3) is 11.5 Å². The average Bonchev–Trinajstić information content (AvgIpc) is 3.10. The summed E-state index contributed by atoms with van der Waals surface area (Å²) in [5.41, 5.74) is 1.10. The van der Waals surface area contributed by atoms with E-state index in [1.165, 1.54) is 16.8 Å². The Hall–Kier alpha value is -2.61. The number of nitrogens with zero attached hydrogens (tertiary/aromatic N) is 5. The highest BCUT2D eigenvalue weighted by molar-refractivity contribution is 5.51. The summed E-state index contributed by atoms with van der Waals surface area (Å²) in [7, 11) is 0. The number of aliphatic hydroxyl groups is 1. The molecule has 0 aliphatic carbocycles. The van der Waals surface area contributed by atoms with Gasteiger partial charge >= 0.3 is 0 Å². The van der Waals surface area contributed by atoms with Gasteiger partial charge in [-0.15, -0.1) is 15.3 Å². The normalized spacial score (nSPS) is 12.5. The van der Waals surface area contributed by atoms with Crippen LogP contribution in [0.15, 0.2) is 34.9 Å². The number of hydrogen-bond acceptors (Lipinski definition) is 6. The fourth-order valence-electron chi connectivity index (χ4n) is 1.75. The van der Waals surface area contributed by atoms with Gasteiger partial charge in [0.05, 0.1) is 12.3 Å². The van der Waals surface area contributed by atoms with Gasteiger partial charge in [-0.05, 0) is 31.2 Å². The first-order valence-electron chi connectivity index (χ1n) is 6.28. The molecular weight excluding hydrogens is 277 g/mol. The van der Waals surface area contributed by atoms with Crippen molar-refractivity contribution in [3.8, 4) is 11.5 Å². The number of hydrogen-bond donors (Lipinski definition) is 1. The van der Waals surface area contributed by atoms with E-state index in [0.717, 1.165) is 0 Å². The first kappa shape index (κ1) is 13.4. The van der Waals surface area contributed by atoms with Crippen LogP contribution in [0.3, 0.4) is 0 Å². The maximum Gasteiger partial charge on any atom is 0.247 e. The molecule has 1 N–H and O–H groups in total. The lowest BCUT2D eigenvalue weighted by atomic mass is 10.2. The SMILES string of the molecule is CC(O)c1cn(Cc2nnc(-c3ccc(F)cc3)o2)nn1. The van der Waals surface area contributed by atoms with E-state index in [2.05, 4.69) is 20.5 Å². The standard InChI is InChI=1S/C13H12FN5O2/c1-8(20)11-6-19(18-15-11)7-12-16-17-13(21-12)9-2-4-10(14)5-3-9/h2-6,8,20H,7H2,1H3. The van der Waals surface area contributed by atoms with Gasteiger partial charge < -0.3 is 9.52 Å². The van der Waals surface area contributed by atoms with Crippen LogP contribution in [-0.2, 0) is 6.54 Å². The first-order valence-corrected chi connectivity index (χ1v) is 6.28. The van der Waals surface area contributed by atoms with E-state index >= 15 is 0 Å². The zero-order valence-corrected chi connectivity index (χ0v) is 11.1. The molecule has 0 spiro atoms. The van der Waals surface area contributed by atoms with Crippen LogP contribution in [0.5, 0.6) is 0 Å². The molecule has 8 heteroatoms. The minimum absolute atomic E-state index is 0.244. The molecule has 2 aromatic heterocycles. The lowest BCUT2D eigenvalue weighted by molar-refractivity contribution is 0.194. The second-order valence-corrected chi connectivity index (χ2v) is 4.52. The highest BCUT2D eigenvalue weighted by Gasteiger charge is 2.11. The maximum atomic E-state index is 12.9. The predicted molar refractivity (Wildman–Crippen MR) is 69.4 cm³/mol. The van der Waals surface area contributed by atoms with E-state index in [9.17, 15) is 9.50 Å². The molecule has 0 fully saturated rings. The molecule has 0 amide bonds. The van der Waals surface area contributed by atoms with Crippen molar-refractivity contribution in [3.63, 3.8) is 0 Å². The van der Waals surface area contributed by atoms with Gasteiger partial charge in [0.2, 0.25) is 11.8 Å². The molecule has 1 aromatic carbocycles. The van der Waals surface area contributed by atoms with Crippen LogP contribution in [0.4, 0.5) is 4.39 Å². The third kappa shape index (κ3) is 2.95. The summed E-state index contributed by atoms with van der Waals surface area (Å²) in [6.45, 7) is 1.85. The molecule has 7 nitrogen and oxygen atoms in total. The van der Waals surface area contributed by atoms with Gasteiger partial charge in [-0.25, -0.2) is 9.07 Å². The zero-order chi connectivity index (χ0) is 14.8. The summed E-state index contributed by atoms with van der Waals surface area (Å²) in [6.07, 6.45) is 0.920. The third-order valence-electron chi connectivity index (χ3n) is 2.84. The van der Waals surface area contributed by atoms with Crippen molar-refractivity contribution in [2.24, 2.45) is 0 Å². The zero-order valence-electron chi connectivity index (χ0n) is 11.1. The van der Waals surface area contributed by atoms with Crippen molar-refractivity contribution >= 4 is 0 Å². The van der Waals surface area contributed by atoms with Gasteiger partial charge in [-0.2, -0.15) is 0 Å². The number of aromatic nitrogens is 5. The first-order chi connectivity index (χ1) is 10.1. The summed E-state index contributed by atoms with van der Waals surface area (Å²) < 4.78 is 19.8. The summed E-state index contributed by atoms with van der Waals surface area (Å²) in [6, 6.07) is 5.78. The maximum absolute atomic E-state index is 12.9. The molecular formula is C13H12FN5O2. The van der Waals surface area contributed by atoms with Gasteiger partial charge in [0.1, 0.15) is 18.1 Å². The molecule has 3 aromatic rings. The fraction of sp³-hybridized carbons (Fsp3) is 0.231. The Bertz CT molecular complexity index is 735. The molecule has 1 unspecified atom stereocenters. The second kappa shape index (κ2) is 5.41. The Kier molecular flexibility index (Phi) is 3.44. The molecule has 0 bridgehead atoms. The van der Waals surface area contributed by atoms with Gasteiger partial charge in [0.15, 0.2) is 0 Å². The van der Waals surface area contributed by atoms with Crippen molar-refractivity contribution in [2.75, 3.05) is 0 Å². The largest absolute Gasteiger partial charge is 0.419 e. The predicted octanol–water partition coefficient (Wildman–Crippen LogP) is 1.57. The molecule has 3 rings (SSSR count). The minimum atomic E-state index is -0.684. The van der Waals surface area contributed by atoms with Crippen LogP contribution < -0.4 is 0 Å². The Morgan fingerprint density at radius 3 is 2.67 bits per heavy atom. The Balaban J connectivity index is 1.76. The smallest absolute Gasteiger partial charge is 0.247 e. The van der Waals surface area contributed by atoms with Crippen LogP contribution in [-0.4, -0.2) is 30.3 Å². The van der Waals surface area contributed by atoms with E-state index in [0.29, 0.717) is 23.0 Å². The Morgan fingerprint density at radius 1 is 1.24 bits per heavy atom. The van der Waals surface area contributed by atoms with Crippen LogP contribution in [0, 0.1) is 5.82 Å². The van der Waals surface area contributed by atoms with Crippen LogP contribution >= 0.6 is 0 Å². The highest BCUT2D eigenvalue weighted by Crippen LogP contribution is 2.18. The monoisotopic (exact) mass is 289 g/mol. The third-order valence-corrected chi connectivity index (χ3v) is 2.84. The summed E-state index contributed by atoms with van der Waals surface area (Å²) in [4.78, 5) is 0. The number of rotatable bonds is 4. The number of benzene rings is 1. The lowest BCUT2D eigenvalue weighted by Crippen LogP contribution is -2.00. The quantitative estimate of drug-likeness (QED) is 0.784. The second-order valence-electron chi connectivity index (χ2n) is 4.52. The van der Waals surface area contributed by atoms with Crippen LogP contribution in [0.1, 0.15) is 24.6 Å². The van der Waals surface area contributed by atoms with E-state index in [-0.39, 0.29) is 12.4 Å². The lowest BCUT2D eigenvalue weighted by Gasteiger charge is -1.96. The van der Waals surface area contributed by atoms with Gasteiger partial charge in [0.25, 0.3) is 0 Å². The summed E-state index contributed by atoms with van der Waals surface area (Å²) in [5, 5.41) is 24.9. The van der Waals surface area contributed by atoms with Gasteiger partial charge in [0, 0.05) is 5.56 Å². The van der Waals surface area contributed by atoms with Crippen LogP contribution in [0.2, 0.25) is 0 Å². The molecule has 2 heterocycles. The van der Waals surface area contributed by atoms with Gasteiger partial charge in [-0.1, -0.05) is 5.21 Å². The Morgan fingerprint density at radius 2 is 2.00 bits per heavy atom. The molecule has 0 aliphatic rings. The van der Waals surface area contributed by atoms with Crippen molar-refractivity contribution < 1.29 is 13.9 Å². The Labute approximate surface area is 119 Å². The number of halogens is 1. The van der Waals surface area contributed by atoms with Crippen molar-refractivity contribution in [3.05, 3.63) is 47.9 Å². The summed E-state index contributed by atoms with van der Waals surface area (Å²) in [5.74, 6) is 0.323. The topological polar surface area (TPSA) is 89.9 Å². The number of aliphatic hydroxyl groups excluding tert-OH is 1. The summed E-state index contributed by atoms with van der Waals surface area (Å²) >= 11 is 0. The minimum Gasteiger partial charge on any atom is -0.419 e. The van der Waals surface area contributed by atoms with Gasteiger partial charge in [-0.3, -0.25) is 0 Å². The van der Waals surface area contributed by atoms with E-state index in [4.69, 9.17) is 4.42 Å². The molecule has 0 saturated heterocycles.